The van der Waals surface area contributed by atoms with Crippen molar-refractivity contribution < 1.29 is 5.11 Å². The molecule has 3 aromatic heterocycles. The molecule has 0 aliphatic rings. The second-order valence-corrected chi connectivity index (χ2v) is 7.13. The highest BCUT2D eigenvalue weighted by molar-refractivity contribution is 7.98. The summed E-state index contributed by atoms with van der Waals surface area (Å²) in [4.78, 5) is 11.2. The zero-order valence-electron chi connectivity index (χ0n) is 11.1. The van der Waals surface area contributed by atoms with E-state index < -0.39 is 0 Å². The van der Waals surface area contributed by atoms with E-state index in [0.29, 0.717) is 17.3 Å². The first kappa shape index (κ1) is 14.7. The van der Waals surface area contributed by atoms with Gasteiger partial charge in [-0.1, -0.05) is 6.07 Å². The summed E-state index contributed by atoms with van der Waals surface area (Å²) in [5, 5.41) is 14.0. The van der Waals surface area contributed by atoms with Crippen LogP contribution < -0.4 is 11.3 Å². The molecule has 0 bridgehead atoms. The van der Waals surface area contributed by atoms with Crippen LogP contribution in [0.15, 0.2) is 22.9 Å². The number of nitrogen functional groups attached to an aromatic ring is 1. The Morgan fingerprint density at radius 3 is 2.95 bits per heavy atom. The number of nitrogens with one attached hydrogen (secondary N) is 1. The molecule has 0 unspecified atom stereocenters. The number of rotatable bonds is 6. The Labute approximate surface area is 134 Å². The van der Waals surface area contributed by atoms with E-state index in [9.17, 15) is 0 Å². The molecule has 0 aliphatic heterocycles. The van der Waals surface area contributed by atoms with Gasteiger partial charge in [0, 0.05) is 21.6 Å². The molecule has 0 saturated carbocycles. The van der Waals surface area contributed by atoms with Gasteiger partial charge in [0.05, 0.1) is 17.7 Å². The van der Waals surface area contributed by atoms with E-state index in [1.807, 2.05) is 6.07 Å². The third-order valence-corrected chi connectivity index (χ3v) is 5.58. The molecule has 8 heteroatoms. The lowest BCUT2D eigenvalue weighted by atomic mass is 10.2. The van der Waals surface area contributed by atoms with Crippen molar-refractivity contribution in [2.45, 2.75) is 5.75 Å². The predicted octanol–water partition coefficient (Wildman–Crippen LogP) is 2.93. The lowest BCUT2D eigenvalue weighted by Gasteiger charge is -2.06. The fourth-order valence-corrected chi connectivity index (χ4v) is 4.36. The number of hydrogen-bond donors (Lipinski definition) is 3. The number of nitrogens with zero attached hydrogens (tertiary/aromatic N) is 2. The van der Waals surface area contributed by atoms with Gasteiger partial charge in [0.25, 0.3) is 0 Å². The number of thiophene rings is 2. The first-order valence-electron chi connectivity index (χ1n) is 6.30. The maximum Gasteiger partial charge on any atom is 0.153 e. The summed E-state index contributed by atoms with van der Waals surface area (Å²) in [6.07, 6.45) is 0. The van der Waals surface area contributed by atoms with Gasteiger partial charge >= 0.3 is 0 Å². The third-order valence-electron chi connectivity index (χ3n) is 2.87. The first-order valence-corrected chi connectivity index (χ1v) is 9.22. The highest BCUT2D eigenvalue weighted by Crippen LogP contribution is 2.38. The summed E-state index contributed by atoms with van der Waals surface area (Å²) in [6, 6.07) is 4.11. The molecule has 0 saturated heterocycles. The summed E-state index contributed by atoms with van der Waals surface area (Å²) < 4.78 is 0. The highest BCUT2D eigenvalue weighted by atomic mass is 32.2. The second kappa shape index (κ2) is 6.71. The minimum Gasteiger partial charge on any atom is -0.396 e. The number of thioether (sulfide) groups is 1. The van der Waals surface area contributed by atoms with Crippen LogP contribution in [0.5, 0.6) is 0 Å². The van der Waals surface area contributed by atoms with Crippen molar-refractivity contribution >= 4 is 50.5 Å². The Morgan fingerprint density at radius 2 is 2.24 bits per heavy atom. The van der Waals surface area contributed by atoms with Gasteiger partial charge in [-0.15, -0.1) is 22.7 Å². The Kier molecular flexibility index (Phi) is 4.71. The Bertz CT molecular complexity index is 726. The molecule has 3 rings (SSSR count). The smallest absolute Gasteiger partial charge is 0.153 e. The molecule has 0 amide bonds. The number of aromatic nitrogens is 2. The number of anilines is 1. The largest absolute Gasteiger partial charge is 0.396 e. The summed E-state index contributed by atoms with van der Waals surface area (Å²) in [5.41, 5.74) is 3.81. The van der Waals surface area contributed by atoms with Gasteiger partial charge in [-0.05, 0) is 11.4 Å². The fraction of sp³-hybridized carbons (Fsp3) is 0.231. The highest BCUT2D eigenvalue weighted by Gasteiger charge is 2.15. The molecule has 110 valence electrons. The van der Waals surface area contributed by atoms with Crippen molar-refractivity contribution in [3.05, 3.63) is 28.7 Å². The Hall–Kier alpha value is -1.19. The molecule has 4 N–H and O–H groups in total. The molecule has 0 fully saturated rings. The van der Waals surface area contributed by atoms with Crippen molar-refractivity contribution in [2.75, 3.05) is 17.8 Å². The van der Waals surface area contributed by atoms with Crippen LogP contribution in [-0.2, 0) is 5.75 Å². The number of aliphatic hydroxyl groups is 1. The zero-order chi connectivity index (χ0) is 14.7. The third kappa shape index (κ3) is 3.04. The maximum absolute atomic E-state index is 8.83. The monoisotopic (exact) mass is 338 g/mol. The normalized spacial score (nSPS) is 11.1. The molecule has 0 radical (unpaired) electrons. The van der Waals surface area contributed by atoms with Gasteiger partial charge in [0.1, 0.15) is 10.7 Å². The number of hydrogen-bond acceptors (Lipinski definition) is 8. The lowest BCUT2D eigenvalue weighted by molar-refractivity contribution is 0.322. The van der Waals surface area contributed by atoms with Crippen LogP contribution in [-0.4, -0.2) is 27.4 Å². The van der Waals surface area contributed by atoms with E-state index in [0.717, 1.165) is 21.6 Å². The molecule has 3 heterocycles. The molecule has 5 nitrogen and oxygen atoms in total. The van der Waals surface area contributed by atoms with E-state index in [-0.39, 0.29) is 6.61 Å². The van der Waals surface area contributed by atoms with Crippen molar-refractivity contribution in [1.29, 1.82) is 0 Å². The quantitative estimate of drug-likeness (QED) is 0.364. The Balaban J connectivity index is 2.02. The van der Waals surface area contributed by atoms with E-state index >= 15 is 0 Å². The van der Waals surface area contributed by atoms with Crippen molar-refractivity contribution in [3.63, 3.8) is 0 Å². The van der Waals surface area contributed by atoms with Gasteiger partial charge < -0.3 is 10.5 Å². The van der Waals surface area contributed by atoms with Gasteiger partial charge in [-0.3, -0.25) is 0 Å². The molecular formula is C13H14N4OS3. The molecule has 3 aromatic rings. The molecule has 0 spiro atoms. The molecule has 21 heavy (non-hydrogen) atoms. The second-order valence-electron chi connectivity index (χ2n) is 4.22. The van der Waals surface area contributed by atoms with Crippen LogP contribution in [0, 0.1) is 0 Å². The predicted molar refractivity (Wildman–Crippen MR) is 91.8 cm³/mol. The summed E-state index contributed by atoms with van der Waals surface area (Å²) in [6.45, 7) is 0.163. The summed E-state index contributed by atoms with van der Waals surface area (Å²) in [7, 11) is 0. The zero-order valence-corrected chi connectivity index (χ0v) is 13.5. The minimum absolute atomic E-state index is 0.163. The SMILES string of the molecule is NNc1nc(CSCCO)nc2scc(-c3cccs3)c12. The first-order chi connectivity index (χ1) is 10.3. The van der Waals surface area contributed by atoms with Gasteiger partial charge in [0.15, 0.2) is 5.82 Å². The number of hydrazine groups is 1. The van der Waals surface area contributed by atoms with Gasteiger partial charge in [-0.2, -0.15) is 11.8 Å². The van der Waals surface area contributed by atoms with E-state index in [4.69, 9.17) is 10.9 Å². The van der Waals surface area contributed by atoms with E-state index in [2.05, 4.69) is 32.2 Å². The summed E-state index contributed by atoms with van der Waals surface area (Å²) >= 11 is 4.88. The fourth-order valence-electron chi connectivity index (χ4n) is 2.00. The average Bonchev–Trinajstić information content (AvgIpc) is 3.15. The van der Waals surface area contributed by atoms with Crippen LogP contribution in [0.2, 0.25) is 0 Å². The van der Waals surface area contributed by atoms with Crippen molar-refractivity contribution in [3.8, 4) is 10.4 Å². The topological polar surface area (TPSA) is 84.1 Å². The maximum atomic E-state index is 8.83. The van der Waals surface area contributed by atoms with E-state index in [1.165, 1.54) is 4.88 Å². The van der Waals surface area contributed by atoms with Crippen LogP contribution in [0.3, 0.4) is 0 Å². The van der Waals surface area contributed by atoms with Crippen LogP contribution in [0.1, 0.15) is 5.82 Å². The van der Waals surface area contributed by atoms with Gasteiger partial charge in [0.2, 0.25) is 0 Å². The minimum atomic E-state index is 0.163. The molecular weight excluding hydrogens is 324 g/mol. The standard InChI is InChI=1S/C13H14N4OS3/c14-17-12-11-8(9-2-1-4-20-9)6-21-13(11)16-10(15-12)7-19-5-3-18/h1-2,4,6,18H,3,5,7,14H2,(H,15,16,17). The van der Waals surface area contributed by atoms with Crippen LogP contribution >= 0.6 is 34.4 Å². The van der Waals surface area contributed by atoms with Gasteiger partial charge in [-0.25, -0.2) is 15.8 Å². The average molecular weight is 338 g/mol. The molecule has 0 atom stereocenters. The number of fused-ring (bicyclic) bond motifs is 1. The van der Waals surface area contributed by atoms with Crippen molar-refractivity contribution in [2.24, 2.45) is 5.84 Å². The number of aliphatic hydroxyl groups excluding tert-OH is 1. The van der Waals surface area contributed by atoms with E-state index in [1.54, 1.807) is 34.4 Å². The van der Waals surface area contributed by atoms with Crippen LogP contribution in [0.4, 0.5) is 5.82 Å². The lowest BCUT2D eigenvalue weighted by Crippen LogP contribution is -2.10. The number of nitrogens with two attached hydrogens (primary N) is 1. The summed E-state index contributed by atoms with van der Waals surface area (Å²) in [5.74, 6) is 8.37. The molecule has 0 aliphatic carbocycles. The van der Waals surface area contributed by atoms with Crippen LogP contribution in [0.25, 0.3) is 20.7 Å². The van der Waals surface area contributed by atoms with Crippen molar-refractivity contribution in [1.82, 2.24) is 9.97 Å². The molecule has 0 aromatic carbocycles. The Morgan fingerprint density at radius 1 is 1.33 bits per heavy atom.